The summed E-state index contributed by atoms with van der Waals surface area (Å²) in [5, 5.41) is 0. The number of nitrogens with zero attached hydrogens (tertiary/aromatic N) is 1. The molecule has 4 nitrogen and oxygen atoms in total. The van der Waals surface area contributed by atoms with Crippen molar-refractivity contribution >= 4 is 5.91 Å². The summed E-state index contributed by atoms with van der Waals surface area (Å²) in [6, 6.07) is 8.17. The third kappa shape index (κ3) is 3.27. The molecule has 0 saturated carbocycles. The molecule has 2 fully saturated rings. The maximum Gasteiger partial charge on any atom is 0.227 e. The number of piperidine rings is 1. The molecule has 2 aliphatic heterocycles. The van der Waals surface area contributed by atoms with Gasteiger partial charge in [0.15, 0.2) is 6.29 Å². The number of hydrogen-bond donors (Lipinski definition) is 0. The molecule has 1 amide bonds. The summed E-state index contributed by atoms with van der Waals surface area (Å²) < 4.78 is 11.3. The van der Waals surface area contributed by atoms with Crippen LogP contribution in [0.4, 0.5) is 0 Å². The lowest BCUT2D eigenvalue weighted by atomic mass is 9.99. The number of amides is 1. The SMILES string of the molecule is Cc1ccccc1CC(=O)N1CCCC[C@@H]1C1OCCO1. The van der Waals surface area contributed by atoms with Crippen LogP contribution in [0.15, 0.2) is 24.3 Å². The summed E-state index contributed by atoms with van der Waals surface area (Å²) in [5.74, 6) is 0.188. The first-order valence-electron chi connectivity index (χ1n) is 7.83. The van der Waals surface area contributed by atoms with Crippen LogP contribution < -0.4 is 0 Å². The van der Waals surface area contributed by atoms with E-state index in [9.17, 15) is 4.79 Å². The van der Waals surface area contributed by atoms with Crippen LogP contribution in [0.1, 0.15) is 30.4 Å². The largest absolute Gasteiger partial charge is 0.348 e. The van der Waals surface area contributed by atoms with Crippen LogP contribution in [0.3, 0.4) is 0 Å². The summed E-state index contributed by atoms with van der Waals surface area (Å²) in [6.07, 6.45) is 3.43. The molecule has 0 unspecified atom stereocenters. The fraction of sp³-hybridized carbons (Fsp3) is 0.588. The number of hydrogen-bond acceptors (Lipinski definition) is 3. The van der Waals surface area contributed by atoms with Gasteiger partial charge in [0.1, 0.15) is 0 Å². The summed E-state index contributed by atoms with van der Waals surface area (Å²) in [6.45, 7) is 4.15. The van der Waals surface area contributed by atoms with Crippen molar-refractivity contribution < 1.29 is 14.3 Å². The lowest BCUT2D eigenvalue weighted by Crippen LogP contribution is -2.50. The summed E-state index contributed by atoms with van der Waals surface area (Å²) in [5.41, 5.74) is 2.29. The molecule has 2 saturated heterocycles. The Morgan fingerprint density at radius 1 is 1.24 bits per heavy atom. The Bertz CT molecular complexity index is 497. The Labute approximate surface area is 126 Å². The van der Waals surface area contributed by atoms with Crippen molar-refractivity contribution in [1.29, 1.82) is 0 Å². The Hall–Kier alpha value is -1.39. The normalized spacial score (nSPS) is 23.5. The number of carbonyl (C=O) groups is 1. The quantitative estimate of drug-likeness (QED) is 0.857. The first-order chi connectivity index (χ1) is 10.3. The topological polar surface area (TPSA) is 38.8 Å². The van der Waals surface area contributed by atoms with Crippen LogP contribution in [0.25, 0.3) is 0 Å². The monoisotopic (exact) mass is 289 g/mol. The second-order valence-corrected chi connectivity index (χ2v) is 5.86. The Kier molecular flexibility index (Phi) is 4.56. The van der Waals surface area contributed by atoms with Crippen molar-refractivity contribution in [3.8, 4) is 0 Å². The fourth-order valence-electron chi connectivity index (χ4n) is 3.22. The second kappa shape index (κ2) is 6.58. The van der Waals surface area contributed by atoms with E-state index in [4.69, 9.17) is 9.47 Å². The highest BCUT2D eigenvalue weighted by Crippen LogP contribution is 2.25. The highest BCUT2D eigenvalue weighted by molar-refractivity contribution is 5.79. The Balaban J connectivity index is 1.70. The van der Waals surface area contributed by atoms with Gasteiger partial charge in [-0.1, -0.05) is 24.3 Å². The molecule has 0 N–H and O–H groups in total. The van der Waals surface area contributed by atoms with Crippen LogP contribution in [0.5, 0.6) is 0 Å². The first kappa shape index (κ1) is 14.5. The van der Waals surface area contributed by atoms with Crippen LogP contribution >= 0.6 is 0 Å². The van der Waals surface area contributed by atoms with Crippen LogP contribution in [0.2, 0.25) is 0 Å². The zero-order valence-electron chi connectivity index (χ0n) is 12.6. The lowest BCUT2D eigenvalue weighted by Gasteiger charge is -2.38. The zero-order valence-corrected chi connectivity index (χ0v) is 12.6. The minimum absolute atomic E-state index is 0.0813. The number of likely N-dealkylation sites (tertiary alicyclic amines) is 1. The highest BCUT2D eigenvalue weighted by Gasteiger charge is 2.36. The molecule has 2 aliphatic rings. The van der Waals surface area contributed by atoms with Gasteiger partial charge in [-0.15, -0.1) is 0 Å². The van der Waals surface area contributed by atoms with Gasteiger partial charge in [0, 0.05) is 6.54 Å². The zero-order chi connectivity index (χ0) is 14.7. The van der Waals surface area contributed by atoms with Gasteiger partial charge in [0.25, 0.3) is 0 Å². The van der Waals surface area contributed by atoms with Crippen molar-refractivity contribution in [2.75, 3.05) is 19.8 Å². The third-order valence-electron chi connectivity index (χ3n) is 4.43. The third-order valence-corrected chi connectivity index (χ3v) is 4.43. The molecule has 4 heteroatoms. The molecule has 0 radical (unpaired) electrons. The molecule has 0 aromatic heterocycles. The molecule has 2 heterocycles. The van der Waals surface area contributed by atoms with Crippen molar-refractivity contribution in [3.63, 3.8) is 0 Å². The van der Waals surface area contributed by atoms with Crippen molar-refractivity contribution in [2.45, 2.75) is 44.9 Å². The van der Waals surface area contributed by atoms with Crippen LogP contribution in [-0.2, 0) is 20.7 Å². The van der Waals surface area contributed by atoms with Gasteiger partial charge in [0.05, 0.1) is 25.7 Å². The molecule has 0 bridgehead atoms. The molecule has 114 valence electrons. The fourth-order valence-corrected chi connectivity index (χ4v) is 3.22. The van der Waals surface area contributed by atoms with Gasteiger partial charge >= 0.3 is 0 Å². The number of carbonyl (C=O) groups excluding carboxylic acids is 1. The number of rotatable bonds is 3. The standard InChI is InChI=1S/C17H23NO3/c1-13-6-2-3-7-14(13)12-16(19)18-9-5-4-8-15(18)17-20-10-11-21-17/h2-3,6-7,15,17H,4-5,8-12H2,1H3/t15-/m1/s1. The molecule has 1 aromatic carbocycles. The van der Waals surface area contributed by atoms with Gasteiger partial charge in [0.2, 0.25) is 5.91 Å². The van der Waals surface area contributed by atoms with Gasteiger partial charge in [-0.05, 0) is 37.3 Å². The molecular formula is C17H23NO3. The second-order valence-electron chi connectivity index (χ2n) is 5.86. The number of benzene rings is 1. The number of ether oxygens (including phenoxy) is 2. The van der Waals surface area contributed by atoms with E-state index < -0.39 is 0 Å². The molecule has 0 spiro atoms. The number of aryl methyl sites for hydroxylation is 1. The van der Waals surface area contributed by atoms with Crippen molar-refractivity contribution in [2.24, 2.45) is 0 Å². The molecule has 1 aromatic rings. The summed E-state index contributed by atoms with van der Waals surface area (Å²) in [7, 11) is 0. The van der Waals surface area contributed by atoms with E-state index in [2.05, 4.69) is 13.0 Å². The van der Waals surface area contributed by atoms with Crippen LogP contribution in [0, 0.1) is 6.92 Å². The van der Waals surface area contributed by atoms with E-state index >= 15 is 0 Å². The minimum atomic E-state index is -0.230. The van der Waals surface area contributed by atoms with Gasteiger partial charge in [-0.25, -0.2) is 0 Å². The van der Waals surface area contributed by atoms with E-state index in [1.165, 1.54) is 5.56 Å². The van der Waals surface area contributed by atoms with Crippen LogP contribution in [-0.4, -0.2) is 42.9 Å². The van der Waals surface area contributed by atoms with E-state index in [1.807, 2.05) is 23.1 Å². The van der Waals surface area contributed by atoms with Gasteiger partial charge in [-0.3, -0.25) is 4.79 Å². The Morgan fingerprint density at radius 2 is 2.00 bits per heavy atom. The predicted molar refractivity (Wildman–Crippen MR) is 79.9 cm³/mol. The molecular weight excluding hydrogens is 266 g/mol. The average molecular weight is 289 g/mol. The van der Waals surface area contributed by atoms with Gasteiger partial charge in [-0.2, -0.15) is 0 Å². The summed E-state index contributed by atoms with van der Waals surface area (Å²) >= 11 is 0. The van der Waals surface area contributed by atoms with E-state index in [0.717, 1.165) is 31.4 Å². The maximum absolute atomic E-state index is 12.7. The molecule has 21 heavy (non-hydrogen) atoms. The van der Waals surface area contributed by atoms with Gasteiger partial charge < -0.3 is 14.4 Å². The molecule has 1 atom stereocenters. The smallest absolute Gasteiger partial charge is 0.227 e. The Morgan fingerprint density at radius 3 is 2.76 bits per heavy atom. The summed E-state index contributed by atoms with van der Waals surface area (Å²) in [4.78, 5) is 14.7. The molecule has 0 aliphatic carbocycles. The average Bonchev–Trinajstić information content (AvgIpc) is 3.04. The van der Waals surface area contributed by atoms with Crippen molar-refractivity contribution in [1.82, 2.24) is 4.90 Å². The maximum atomic E-state index is 12.7. The van der Waals surface area contributed by atoms with E-state index in [0.29, 0.717) is 19.6 Å². The minimum Gasteiger partial charge on any atom is -0.348 e. The highest BCUT2D eigenvalue weighted by atomic mass is 16.7. The first-order valence-corrected chi connectivity index (χ1v) is 7.83. The predicted octanol–water partition coefficient (Wildman–Crippen LogP) is 2.29. The van der Waals surface area contributed by atoms with E-state index in [1.54, 1.807) is 0 Å². The lowest BCUT2D eigenvalue weighted by molar-refractivity contribution is -0.149. The van der Waals surface area contributed by atoms with Crippen molar-refractivity contribution in [3.05, 3.63) is 35.4 Å². The van der Waals surface area contributed by atoms with E-state index in [-0.39, 0.29) is 18.2 Å². The molecule has 3 rings (SSSR count).